The lowest BCUT2D eigenvalue weighted by atomic mass is 9.94. The zero-order valence-electron chi connectivity index (χ0n) is 12.0. The predicted octanol–water partition coefficient (Wildman–Crippen LogP) is 3.34. The normalized spacial score (nSPS) is 17.2. The van der Waals surface area contributed by atoms with E-state index in [4.69, 9.17) is 0 Å². The summed E-state index contributed by atoms with van der Waals surface area (Å²) < 4.78 is 0. The molecule has 0 unspecified atom stereocenters. The molecule has 1 aliphatic heterocycles. The number of hydrogen-bond donors (Lipinski definition) is 1. The number of nitrogens with one attached hydrogen (secondary N) is 1. The van der Waals surface area contributed by atoms with Gasteiger partial charge in [-0.2, -0.15) is 0 Å². The van der Waals surface area contributed by atoms with Crippen LogP contribution in [0, 0.1) is 12.8 Å². The van der Waals surface area contributed by atoms with Crippen LogP contribution in [-0.4, -0.2) is 20.1 Å². The van der Waals surface area contributed by atoms with Gasteiger partial charge in [-0.3, -0.25) is 0 Å². The molecule has 1 aromatic carbocycles. The molecule has 18 heavy (non-hydrogen) atoms. The standard InChI is InChI=1S/C16H26N2/c1-4-14-7-9-18(10-8-14)16-6-5-15(12-17-3)13(2)11-16/h5-6,11,14,17H,4,7-10,12H2,1-3H3. The molecule has 0 amide bonds. The van der Waals surface area contributed by atoms with Gasteiger partial charge in [-0.25, -0.2) is 0 Å². The van der Waals surface area contributed by atoms with E-state index in [1.165, 1.54) is 49.2 Å². The van der Waals surface area contributed by atoms with Gasteiger partial charge in [0.15, 0.2) is 0 Å². The van der Waals surface area contributed by atoms with Crippen molar-refractivity contribution in [1.29, 1.82) is 0 Å². The smallest absolute Gasteiger partial charge is 0.0369 e. The van der Waals surface area contributed by atoms with E-state index in [-0.39, 0.29) is 0 Å². The average molecular weight is 246 g/mol. The lowest BCUT2D eigenvalue weighted by Crippen LogP contribution is -2.33. The summed E-state index contributed by atoms with van der Waals surface area (Å²) in [6.07, 6.45) is 4.05. The van der Waals surface area contributed by atoms with Gasteiger partial charge in [-0.05, 0) is 56.0 Å². The van der Waals surface area contributed by atoms with Crippen molar-refractivity contribution in [3.8, 4) is 0 Å². The van der Waals surface area contributed by atoms with Gasteiger partial charge in [-0.15, -0.1) is 0 Å². The molecule has 2 rings (SSSR count). The Bertz CT molecular complexity index is 379. The number of nitrogens with zero attached hydrogens (tertiary/aromatic N) is 1. The Morgan fingerprint density at radius 2 is 2.00 bits per heavy atom. The predicted molar refractivity (Wildman–Crippen MR) is 79.2 cm³/mol. The van der Waals surface area contributed by atoms with Gasteiger partial charge in [0.25, 0.3) is 0 Å². The SMILES string of the molecule is CCC1CCN(c2ccc(CNC)c(C)c2)CC1. The molecule has 100 valence electrons. The number of aryl methyl sites for hydroxylation is 1. The second kappa shape index (κ2) is 6.24. The molecule has 0 spiro atoms. The van der Waals surface area contributed by atoms with Gasteiger partial charge in [0.05, 0.1) is 0 Å². The van der Waals surface area contributed by atoms with E-state index in [1.54, 1.807) is 0 Å². The van der Waals surface area contributed by atoms with Crippen molar-refractivity contribution in [2.75, 3.05) is 25.0 Å². The molecular weight excluding hydrogens is 220 g/mol. The maximum Gasteiger partial charge on any atom is 0.0369 e. The van der Waals surface area contributed by atoms with E-state index < -0.39 is 0 Å². The number of hydrogen-bond acceptors (Lipinski definition) is 2. The number of anilines is 1. The van der Waals surface area contributed by atoms with Gasteiger partial charge < -0.3 is 10.2 Å². The first kappa shape index (κ1) is 13.4. The third-order valence-electron chi connectivity index (χ3n) is 4.25. The second-order valence-corrected chi connectivity index (χ2v) is 5.48. The minimum absolute atomic E-state index is 0.950. The summed E-state index contributed by atoms with van der Waals surface area (Å²) in [6.45, 7) is 7.95. The number of benzene rings is 1. The molecule has 0 aliphatic carbocycles. The summed E-state index contributed by atoms with van der Waals surface area (Å²) >= 11 is 0. The summed E-state index contributed by atoms with van der Waals surface area (Å²) in [5.41, 5.74) is 4.21. The summed E-state index contributed by atoms with van der Waals surface area (Å²) in [4.78, 5) is 2.54. The lowest BCUT2D eigenvalue weighted by molar-refractivity contribution is 0.395. The topological polar surface area (TPSA) is 15.3 Å². The minimum Gasteiger partial charge on any atom is -0.372 e. The van der Waals surface area contributed by atoms with Crippen LogP contribution in [0.15, 0.2) is 18.2 Å². The zero-order valence-corrected chi connectivity index (χ0v) is 12.0. The Hall–Kier alpha value is -1.02. The van der Waals surface area contributed by atoms with Crippen molar-refractivity contribution in [3.05, 3.63) is 29.3 Å². The van der Waals surface area contributed by atoms with Gasteiger partial charge in [0, 0.05) is 25.3 Å². The van der Waals surface area contributed by atoms with Gasteiger partial charge in [0.2, 0.25) is 0 Å². The summed E-state index contributed by atoms with van der Waals surface area (Å²) in [5.74, 6) is 0.950. The highest BCUT2D eigenvalue weighted by atomic mass is 15.1. The van der Waals surface area contributed by atoms with Crippen molar-refractivity contribution >= 4 is 5.69 Å². The van der Waals surface area contributed by atoms with Crippen LogP contribution < -0.4 is 10.2 Å². The first-order valence-corrected chi connectivity index (χ1v) is 7.23. The number of piperidine rings is 1. The van der Waals surface area contributed by atoms with Crippen LogP contribution >= 0.6 is 0 Å². The molecule has 0 aromatic heterocycles. The highest BCUT2D eigenvalue weighted by Crippen LogP contribution is 2.26. The quantitative estimate of drug-likeness (QED) is 0.876. The van der Waals surface area contributed by atoms with E-state index in [2.05, 4.69) is 42.3 Å². The Kier molecular flexibility index (Phi) is 4.65. The fourth-order valence-electron chi connectivity index (χ4n) is 2.86. The fraction of sp³-hybridized carbons (Fsp3) is 0.625. The van der Waals surface area contributed by atoms with Gasteiger partial charge in [0.1, 0.15) is 0 Å². The van der Waals surface area contributed by atoms with Crippen LogP contribution in [0.4, 0.5) is 5.69 Å². The van der Waals surface area contributed by atoms with Crippen molar-refractivity contribution < 1.29 is 0 Å². The lowest BCUT2D eigenvalue weighted by Gasteiger charge is -2.33. The van der Waals surface area contributed by atoms with Crippen LogP contribution in [0.5, 0.6) is 0 Å². The van der Waals surface area contributed by atoms with Gasteiger partial charge in [-0.1, -0.05) is 19.4 Å². The largest absolute Gasteiger partial charge is 0.372 e. The van der Waals surface area contributed by atoms with Crippen LogP contribution in [0.1, 0.15) is 37.3 Å². The molecule has 2 heteroatoms. The average Bonchev–Trinajstić information content (AvgIpc) is 2.41. The highest BCUT2D eigenvalue weighted by Gasteiger charge is 2.18. The van der Waals surface area contributed by atoms with E-state index in [1.807, 2.05) is 7.05 Å². The third kappa shape index (κ3) is 3.05. The first-order chi connectivity index (χ1) is 8.74. The molecule has 1 N–H and O–H groups in total. The van der Waals surface area contributed by atoms with E-state index in [9.17, 15) is 0 Å². The molecule has 0 saturated carbocycles. The third-order valence-corrected chi connectivity index (χ3v) is 4.25. The Morgan fingerprint density at radius 3 is 2.56 bits per heavy atom. The second-order valence-electron chi connectivity index (χ2n) is 5.48. The molecule has 1 aliphatic rings. The first-order valence-electron chi connectivity index (χ1n) is 7.23. The molecule has 0 atom stereocenters. The Morgan fingerprint density at radius 1 is 1.28 bits per heavy atom. The minimum atomic E-state index is 0.950. The molecule has 0 radical (unpaired) electrons. The van der Waals surface area contributed by atoms with E-state index in [0.29, 0.717) is 0 Å². The van der Waals surface area contributed by atoms with Crippen LogP contribution in [-0.2, 0) is 6.54 Å². The zero-order chi connectivity index (χ0) is 13.0. The summed E-state index contributed by atoms with van der Waals surface area (Å²) in [6, 6.07) is 6.90. The maximum atomic E-state index is 3.22. The monoisotopic (exact) mass is 246 g/mol. The maximum absolute atomic E-state index is 3.22. The van der Waals surface area contributed by atoms with Crippen LogP contribution in [0.3, 0.4) is 0 Å². The molecule has 1 saturated heterocycles. The van der Waals surface area contributed by atoms with Crippen LogP contribution in [0.2, 0.25) is 0 Å². The van der Waals surface area contributed by atoms with Crippen molar-refractivity contribution in [2.45, 2.75) is 39.7 Å². The molecule has 0 bridgehead atoms. The summed E-state index contributed by atoms with van der Waals surface area (Å²) in [7, 11) is 2.00. The molecule has 2 nitrogen and oxygen atoms in total. The molecular formula is C16H26N2. The van der Waals surface area contributed by atoms with Gasteiger partial charge >= 0.3 is 0 Å². The summed E-state index contributed by atoms with van der Waals surface area (Å²) in [5, 5.41) is 3.22. The molecule has 1 heterocycles. The van der Waals surface area contributed by atoms with E-state index in [0.717, 1.165) is 12.5 Å². The van der Waals surface area contributed by atoms with Crippen molar-refractivity contribution in [1.82, 2.24) is 5.32 Å². The molecule has 1 aromatic rings. The number of rotatable bonds is 4. The molecule has 1 fully saturated rings. The van der Waals surface area contributed by atoms with Crippen molar-refractivity contribution in [2.24, 2.45) is 5.92 Å². The Labute approximate surface area is 111 Å². The Balaban J connectivity index is 2.03. The van der Waals surface area contributed by atoms with Crippen molar-refractivity contribution in [3.63, 3.8) is 0 Å². The van der Waals surface area contributed by atoms with E-state index >= 15 is 0 Å². The van der Waals surface area contributed by atoms with Crippen LogP contribution in [0.25, 0.3) is 0 Å². The fourth-order valence-corrected chi connectivity index (χ4v) is 2.86. The highest BCUT2D eigenvalue weighted by molar-refractivity contribution is 5.51.